The second-order valence-corrected chi connectivity index (χ2v) is 6.26. The van der Waals surface area contributed by atoms with Gasteiger partial charge in [-0.3, -0.25) is 14.7 Å². The van der Waals surface area contributed by atoms with E-state index in [0.29, 0.717) is 18.2 Å². The number of hydrogen-bond acceptors (Lipinski definition) is 4. The van der Waals surface area contributed by atoms with Gasteiger partial charge in [0.15, 0.2) is 0 Å². The summed E-state index contributed by atoms with van der Waals surface area (Å²) >= 11 is 6.12. The highest BCUT2D eigenvalue weighted by Crippen LogP contribution is 2.23. The van der Waals surface area contributed by atoms with Gasteiger partial charge in [-0.2, -0.15) is 0 Å². The van der Waals surface area contributed by atoms with Crippen LogP contribution in [-0.4, -0.2) is 48.6 Å². The maximum atomic E-state index is 12.8. The number of amides is 1. The normalized spacial score (nSPS) is 19.7. The van der Waals surface area contributed by atoms with Gasteiger partial charge >= 0.3 is 0 Å². The van der Waals surface area contributed by atoms with Crippen LogP contribution in [0, 0.1) is 0 Å². The summed E-state index contributed by atoms with van der Waals surface area (Å²) in [7, 11) is 1.93. The van der Waals surface area contributed by atoms with Crippen LogP contribution in [-0.2, 0) is 9.53 Å². The lowest BCUT2D eigenvalue weighted by Gasteiger charge is -2.32. The quantitative estimate of drug-likeness (QED) is 0.923. The topological polar surface area (TPSA) is 54.5 Å². The van der Waals surface area contributed by atoms with Crippen molar-refractivity contribution < 1.29 is 9.53 Å². The van der Waals surface area contributed by atoms with Crippen LogP contribution < -0.4 is 5.32 Å². The highest BCUT2D eigenvalue weighted by atomic mass is 35.5. The molecule has 0 spiro atoms. The maximum absolute atomic E-state index is 12.8. The molecular formula is C18H20ClN3O2. The number of carbonyl (C=O) groups is 1. The Labute approximate surface area is 146 Å². The molecule has 24 heavy (non-hydrogen) atoms. The van der Waals surface area contributed by atoms with Crippen molar-refractivity contribution in [3.05, 3.63) is 64.9 Å². The molecule has 0 bridgehead atoms. The minimum absolute atomic E-state index is 0.0761. The van der Waals surface area contributed by atoms with Crippen molar-refractivity contribution in [2.75, 3.05) is 26.8 Å². The third kappa shape index (κ3) is 3.93. The predicted octanol–water partition coefficient (Wildman–Crippen LogP) is 2.27. The molecule has 0 unspecified atom stereocenters. The smallest absolute Gasteiger partial charge is 0.240 e. The molecule has 2 atom stereocenters. The Morgan fingerprint density at radius 1 is 1.38 bits per heavy atom. The Hall–Kier alpha value is -1.95. The van der Waals surface area contributed by atoms with E-state index in [4.69, 9.17) is 16.3 Å². The van der Waals surface area contributed by atoms with E-state index >= 15 is 0 Å². The van der Waals surface area contributed by atoms with Gasteiger partial charge in [0, 0.05) is 17.8 Å². The zero-order valence-corrected chi connectivity index (χ0v) is 14.2. The molecule has 0 aliphatic carbocycles. The highest BCUT2D eigenvalue weighted by Gasteiger charge is 2.29. The van der Waals surface area contributed by atoms with E-state index in [-0.39, 0.29) is 18.0 Å². The number of rotatable bonds is 4. The molecule has 6 heteroatoms. The summed E-state index contributed by atoms with van der Waals surface area (Å²) in [6.45, 7) is 1.79. The molecule has 3 rings (SSSR count). The number of carbonyl (C=O) groups excluding carboxylic acids is 1. The van der Waals surface area contributed by atoms with Gasteiger partial charge in [-0.1, -0.05) is 29.8 Å². The molecule has 1 aromatic heterocycles. The first kappa shape index (κ1) is 16.9. The third-order valence-corrected chi connectivity index (χ3v) is 4.39. The van der Waals surface area contributed by atoms with Crippen molar-refractivity contribution in [1.82, 2.24) is 15.2 Å². The van der Waals surface area contributed by atoms with Crippen LogP contribution in [0.5, 0.6) is 0 Å². The van der Waals surface area contributed by atoms with Gasteiger partial charge in [0.25, 0.3) is 0 Å². The Morgan fingerprint density at radius 2 is 2.25 bits per heavy atom. The van der Waals surface area contributed by atoms with E-state index in [0.717, 1.165) is 17.8 Å². The molecule has 2 aromatic rings. The van der Waals surface area contributed by atoms with Crippen LogP contribution in [0.2, 0.25) is 5.02 Å². The van der Waals surface area contributed by atoms with E-state index in [1.807, 2.05) is 54.4 Å². The van der Waals surface area contributed by atoms with Gasteiger partial charge in [-0.15, -0.1) is 0 Å². The lowest BCUT2D eigenvalue weighted by atomic mass is 10.0. The standard InChI is InChI=1S/C18H20ClN3O2/c1-22-9-10-24-12-16(22)18(23)21-17(15-7-2-3-8-20-15)13-5-4-6-14(19)11-13/h2-8,11,16-17H,9-10,12H2,1H3,(H,21,23)/t16-,17+/m1/s1. The molecule has 0 saturated carbocycles. The number of nitrogens with one attached hydrogen (secondary N) is 1. The third-order valence-electron chi connectivity index (χ3n) is 4.15. The number of ether oxygens (including phenoxy) is 1. The molecule has 1 aliphatic rings. The zero-order valence-electron chi connectivity index (χ0n) is 13.5. The number of likely N-dealkylation sites (N-methyl/N-ethyl adjacent to an activating group) is 1. The molecule has 5 nitrogen and oxygen atoms in total. The molecular weight excluding hydrogens is 326 g/mol. The molecule has 1 aliphatic heterocycles. The minimum atomic E-state index is -0.354. The molecule has 1 fully saturated rings. The molecule has 1 N–H and O–H groups in total. The SMILES string of the molecule is CN1CCOC[C@@H]1C(=O)N[C@@H](c1cccc(Cl)c1)c1ccccn1. The van der Waals surface area contributed by atoms with Gasteiger partial charge in [0.05, 0.1) is 24.9 Å². The number of benzene rings is 1. The fourth-order valence-electron chi connectivity index (χ4n) is 2.76. The Bertz CT molecular complexity index is 696. The Balaban J connectivity index is 1.86. The van der Waals surface area contributed by atoms with Gasteiger partial charge in [0.1, 0.15) is 6.04 Å². The second-order valence-electron chi connectivity index (χ2n) is 5.82. The van der Waals surface area contributed by atoms with Crippen LogP contribution in [0.25, 0.3) is 0 Å². The molecule has 0 radical (unpaired) electrons. The monoisotopic (exact) mass is 345 g/mol. The van der Waals surface area contributed by atoms with Gasteiger partial charge < -0.3 is 10.1 Å². The molecule has 1 amide bonds. The van der Waals surface area contributed by atoms with Gasteiger partial charge in [-0.25, -0.2) is 0 Å². The number of nitrogens with zero attached hydrogens (tertiary/aromatic N) is 2. The van der Waals surface area contributed by atoms with Gasteiger partial charge in [0.2, 0.25) is 5.91 Å². The van der Waals surface area contributed by atoms with Crippen molar-refractivity contribution in [1.29, 1.82) is 0 Å². The number of aromatic nitrogens is 1. The first-order valence-corrected chi connectivity index (χ1v) is 8.27. The van der Waals surface area contributed by atoms with Crippen molar-refractivity contribution in [2.24, 2.45) is 0 Å². The zero-order chi connectivity index (χ0) is 16.9. The Kier molecular flexibility index (Phi) is 5.45. The molecule has 1 saturated heterocycles. The van der Waals surface area contributed by atoms with Crippen molar-refractivity contribution in [3.8, 4) is 0 Å². The van der Waals surface area contributed by atoms with Crippen LogP contribution >= 0.6 is 11.6 Å². The molecule has 1 aromatic carbocycles. The van der Waals surface area contributed by atoms with E-state index in [9.17, 15) is 4.79 Å². The van der Waals surface area contributed by atoms with E-state index < -0.39 is 0 Å². The summed E-state index contributed by atoms with van der Waals surface area (Å²) in [5.74, 6) is -0.0761. The number of hydrogen-bond donors (Lipinski definition) is 1. The lowest BCUT2D eigenvalue weighted by molar-refractivity contribution is -0.131. The number of pyridine rings is 1. The summed E-state index contributed by atoms with van der Waals surface area (Å²) in [5.41, 5.74) is 1.67. The predicted molar refractivity (Wildman–Crippen MR) is 92.9 cm³/mol. The number of halogens is 1. The lowest BCUT2D eigenvalue weighted by Crippen LogP contribution is -2.52. The summed E-state index contributed by atoms with van der Waals surface area (Å²) in [6, 6.07) is 12.5. The second kappa shape index (κ2) is 7.75. The fourth-order valence-corrected chi connectivity index (χ4v) is 2.96. The molecule has 2 heterocycles. The van der Waals surface area contributed by atoms with Crippen molar-refractivity contribution in [2.45, 2.75) is 12.1 Å². The first-order chi connectivity index (χ1) is 11.6. The van der Waals surface area contributed by atoms with Crippen molar-refractivity contribution in [3.63, 3.8) is 0 Å². The van der Waals surface area contributed by atoms with Crippen LogP contribution in [0.15, 0.2) is 48.7 Å². The summed E-state index contributed by atoms with van der Waals surface area (Å²) < 4.78 is 5.45. The fraction of sp³-hybridized carbons (Fsp3) is 0.333. The van der Waals surface area contributed by atoms with Crippen molar-refractivity contribution >= 4 is 17.5 Å². The number of morpholine rings is 1. The average Bonchev–Trinajstić information content (AvgIpc) is 2.60. The van der Waals surface area contributed by atoms with Crippen LogP contribution in [0.3, 0.4) is 0 Å². The van der Waals surface area contributed by atoms with Crippen LogP contribution in [0.1, 0.15) is 17.3 Å². The van der Waals surface area contributed by atoms with Gasteiger partial charge in [-0.05, 0) is 36.9 Å². The van der Waals surface area contributed by atoms with E-state index in [1.54, 1.807) is 6.20 Å². The first-order valence-electron chi connectivity index (χ1n) is 7.90. The average molecular weight is 346 g/mol. The van der Waals surface area contributed by atoms with Crippen LogP contribution in [0.4, 0.5) is 0 Å². The maximum Gasteiger partial charge on any atom is 0.240 e. The summed E-state index contributed by atoms with van der Waals surface area (Å²) in [4.78, 5) is 19.2. The highest BCUT2D eigenvalue weighted by molar-refractivity contribution is 6.30. The summed E-state index contributed by atoms with van der Waals surface area (Å²) in [6.07, 6.45) is 1.72. The Morgan fingerprint density at radius 3 is 2.96 bits per heavy atom. The molecule has 126 valence electrons. The largest absolute Gasteiger partial charge is 0.378 e. The van der Waals surface area contributed by atoms with E-state index in [1.165, 1.54) is 0 Å². The summed E-state index contributed by atoms with van der Waals surface area (Å²) in [5, 5.41) is 3.72. The minimum Gasteiger partial charge on any atom is -0.378 e. The van der Waals surface area contributed by atoms with E-state index in [2.05, 4.69) is 10.3 Å².